The molecule has 2 saturated heterocycles. The summed E-state index contributed by atoms with van der Waals surface area (Å²) in [7, 11) is 0. The molecule has 45 heavy (non-hydrogen) atoms. The van der Waals surface area contributed by atoms with Crippen LogP contribution in [0.3, 0.4) is 0 Å². The molecule has 0 saturated carbocycles. The molecule has 1 amide bonds. The summed E-state index contributed by atoms with van der Waals surface area (Å²) in [6.07, 6.45) is 1.24. The van der Waals surface area contributed by atoms with Crippen molar-refractivity contribution in [1.82, 2.24) is 14.9 Å². The van der Waals surface area contributed by atoms with Crippen LogP contribution in [0.25, 0.3) is 32.8 Å². The second-order valence-electron chi connectivity index (χ2n) is 13.5. The lowest BCUT2D eigenvalue weighted by Crippen LogP contribution is -2.57. The van der Waals surface area contributed by atoms with E-state index in [-0.39, 0.29) is 47.6 Å². The number of carbonyl (C=O) groups is 2. The van der Waals surface area contributed by atoms with Crippen molar-refractivity contribution in [3.8, 4) is 22.9 Å². The third-order valence-corrected chi connectivity index (χ3v) is 8.43. The molecule has 0 spiro atoms. The number of hydrogen-bond acceptors (Lipinski definition) is 8. The highest BCUT2D eigenvalue weighted by molar-refractivity contribution is 6.01. The van der Waals surface area contributed by atoms with Crippen LogP contribution >= 0.6 is 0 Å². The van der Waals surface area contributed by atoms with E-state index in [1.54, 1.807) is 18.2 Å². The molecule has 2 aliphatic rings. The predicted octanol–water partition coefficient (Wildman–Crippen LogP) is 6.37. The van der Waals surface area contributed by atoms with Gasteiger partial charge in [0.2, 0.25) is 0 Å². The number of phenols is 1. The molecule has 3 aromatic carbocycles. The van der Waals surface area contributed by atoms with Crippen molar-refractivity contribution in [2.24, 2.45) is 5.41 Å². The van der Waals surface area contributed by atoms with Gasteiger partial charge < -0.3 is 24.6 Å². The van der Waals surface area contributed by atoms with Gasteiger partial charge >= 0.3 is 18.1 Å². The number of benzene rings is 3. The maximum absolute atomic E-state index is 16.6. The lowest BCUT2D eigenvalue weighted by Gasteiger charge is -2.42. The van der Waals surface area contributed by atoms with Gasteiger partial charge in [-0.25, -0.2) is 9.18 Å². The van der Waals surface area contributed by atoms with E-state index in [0.29, 0.717) is 29.9 Å². The van der Waals surface area contributed by atoms with Gasteiger partial charge in [0.1, 0.15) is 29.3 Å². The Morgan fingerprint density at radius 2 is 1.64 bits per heavy atom. The normalized spacial score (nSPS) is 18.4. The molecule has 10 nitrogen and oxygen atoms in total. The number of aliphatic carboxylic acids is 1. The molecule has 0 radical (unpaired) electrons. The van der Waals surface area contributed by atoms with E-state index < -0.39 is 22.8 Å². The fraction of sp³-hybridized carbons (Fsp3) is 0.412. The minimum absolute atomic E-state index is 0.00447. The second-order valence-corrected chi connectivity index (χ2v) is 13.5. The number of aromatic nitrogens is 2. The number of carbonyl (C=O) groups excluding carboxylic acids is 1. The van der Waals surface area contributed by atoms with Crippen LogP contribution in [0.5, 0.6) is 11.8 Å². The molecule has 2 bridgehead atoms. The fourth-order valence-electron chi connectivity index (χ4n) is 6.15. The number of piperazine rings is 1. The van der Waals surface area contributed by atoms with E-state index in [0.717, 1.165) is 23.6 Å². The van der Waals surface area contributed by atoms with Crippen LogP contribution in [0.2, 0.25) is 0 Å². The van der Waals surface area contributed by atoms with E-state index >= 15 is 4.39 Å². The molecule has 1 aromatic heterocycles. The van der Waals surface area contributed by atoms with Crippen LogP contribution in [0, 0.1) is 11.2 Å². The standard InChI is InChI=1S/C34H37FN4O6/c1-33(2,3)45-32(43)39-20-10-11-21(39)17-38(16-20)29-25-13-12-24(26-15-22(40)14-19-8-6-7-9-23(19)26)27(35)28(25)36-31(37-29)44-18-34(4,5)30(41)42/h6-9,12-15,20-21,40H,10-11,16-18H2,1-5H3,(H,41,42). The predicted molar refractivity (Wildman–Crippen MR) is 168 cm³/mol. The number of anilines is 1. The van der Waals surface area contributed by atoms with Gasteiger partial charge in [-0.05, 0) is 82.0 Å². The molecule has 6 rings (SSSR count). The smallest absolute Gasteiger partial charge is 0.410 e. The van der Waals surface area contributed by atoms with E-state index in [4.69, 9.17) is 9.47 Å². The number of carboxylic acid groups (broad SMARTS) is 1. The van der Waals surface area contributed by atoms with Crippen molar-refractivity contribution in [2.45, 2.75) is 65.1 Å². The summed E-state index contributed by atoms with van der Waals surface area (Å²) in [5.41, 5.74) is -1.11. The monoisotopic (exact) mass is 616 g/mol. The number of fused-ring (bicyclic) bond motifs is 4. The van der Waals surface area contributed by atoms with Crippen molar-refractivity contribution in [3.63, 3.8) is 0 Å². The first-order valence-electron chi connectivity index (χ1n) is 15.1. The molecule has 2 unspecified atom stereocenters. The van der Waals surface area contributed by atoms with E-state index in [1.165, 1.54) is 19.9 Å². The molecule has 2 aliphatic heterocycles. The van der Waals surface area contributed by atoms with Crippen molar-refractivity contribution in [1.29, 1.82) is 0 Å². The number of aromatic hydroxyl groups is 1. The summed E-state index contributed by atoms with van der Waals surface area (Å²) in [4.78, 5) is 37.8. The van der Waals surface area contributed by atoms with Gasteiger partial charge in [0.15, 0.2) is 5.82 Å². The molecule has 2 atom stereocenters. The third-order valence-electron chi connectivity index (χ3n) is 8.43. The summed E-state index contributed by atoms with van der Waals surface area (Å²) in [6, 6.07) is 13.6. The molecule has 0 aliphatic carbocycles. The Morgan fingerprint density at radius 1 is 0.956 bits per heavy atom. The van der Waals surface area contributed by atoms with Crippen molar-refractivity contribution < 1.29 is 33.7 Å². The first-order valence-corrected chi connectivity index (χ1v) is 15.1. The molecule has 11 heteroatoms. The number of amides is 1. The maximum atomic E-state index is 16.6. The number of nitrogens with zero attached hydrogens (tertiary/aromatic N) is 4. The number of halogens is 1. The van der Waals surface area contributed by atoms with Crippen LogP contribution < -0.4 is 9.64 Å². The van der Waals surface area contributed by atoms with Crippen LogP contribution in [-0.2, 0) is 9.53 Å². The van der Waals surface area contributed by atoms with Crippen molar-refractivity contribution >= 4 is 39.6 Å². The molecular formula is C34H37FN4O6. The van der Waals surface area contributed by atoms with E-state index in [9.17, 15) is 19.8 Å². The number of carboxylic acids is 1. The summed E-state index contributed by atoms with van der Waals surface area (Å²) < 4.78 is 28.1. The Morgan fingerprint density at radius 3 is 2.31 bits per heavy atom. The van der Waals surface area contributed by atoms with Gasteiger partial charge in [0, 0.05) is 24.0 Å². The highest BCUT2D eigenvalue weighted by Crippen LogP contribution is 2.40. The van der Waals surface area contributed by atoms with Gasteiger partial charge in [0.05, 0.1) is 17.5 Å². The van der Waals surface area contributed by atoms with Gasteiger partial charge in [-0.2, -0.15) is 9.97 Å². The van der Waals surface area contributed by atoms with Crippen LogP contribution in [-0.4, -0.2) is 74.5 Å². The lowest BCUT2D eigenvalue weighted by molar-refractivity contribution is -0.148. The van der Waals surface area contributed by atoms with E-state index in [2.05, 4.69) is 9.97 Å². The first-order chi connectivity index (χ1) is 21.2. The summed E-state index contributed by atoms with van der Waals surface area (Å²) in [6.45, 7) is 9.23. The topological polar surface area (TPSA) is 125 Å². The zero-order valence-electron chi connectivity index (χ0n) is 26.0. The second kappa shape index (κ2) is 11.0. The third kappa shape index (κ3) is 5.79. The zero-order valence-corrected chi connectivity index (χ0v) is 26.0. The van der Waals surface area contributed by atoms with Crippen LogP contribution in [0.1, 0.15) is 47.5 Å². The average Bonchev–Trinajstić information content (AvgIpc) is 3.24. The molecule has 3 heterocycles. The van der Waals surface area contributed by atoms with Crippen LogP contribution in [0.15, 0.2) is 48.5 Å². The Bertz CT molecular complexity index is 1810. The largest absolute Gasteiger partial charge is 0.508 e. The number of hydrogen-bond donors (Lipinski definition) is 2. The molecule has 236 valence electrons. The quantitative estimate of drug-likeness (QED) is 0.254. The Kier molecular flexibility index (Phi) is 7.45. The highest BCUT2D eigenvalue weighted by Gasteiger charge is 2.45. The average molecular weight is 617 g/mol. The van der Waals surface area contributed by atoms with Gasteiger partial charge in [-0.3, -0.25) is 9.69 Å². The fourth-order valence-corrected chi connectivity index (χ4v) is 6.15. The molecule has 2 N–H and O–H groups in total. The number of ether oxygens (including phenoxy) is 2. The Hall–Kier alpha value is -4.67. The van der Waals surface area contributed by atoms with Crippen molar-refractivity contribution in [2.75, 3.05) is 24.6 Å². The molecule has 4 aromatic rings. The van der Waals surface area contributed by atoms with E-state index in [1.807, 2.05) is 54.8 Å². The Balaban J connectivity index is 1.44. The summed E-state index contributed by atoms with van der Waals surface area (Å²) in [5.74, 6) is -1.23. The van der Waals surface area contributed by atoms with Gasteiger partial charge in [0.25, 0.3) is 0 Å². The maximum Gasteiger partial charge on any atom is 0.410 e. The van der Waals surface area contributed by atoms with Crippen molar-refractivity contribution in [3.05, 3.63) is 54.3 Å². The lowest BCUT2D eigenvalue weighted by atomic mass is 9.95. The number of phenolic OH excluding ortho intramolecular Hbond substituents is 1. The summed E-state index contributed by atoms with van der Waals surface area (Å²) in [5, 5.41) is 22.0. The SMILES string of the molecule is CC(C)(C)OC(=O)N1C2CCC1CN(c1nc(OCC(C)(C)C(=O)O)nc3c(F)c(-c4cc(O)cc5ccccc45)ccc13)C2. The minimum atomic E-state index is -1.24. The minimum Gasteiger partial charge on any atom is -0.508 e. The number of rotatable bonds is 6. The van der Waals surface area contributed by atoms with Crippen LogP contribution in [0.4, 0.5) is 15.0 Å². The summed E-state index contributed by atoms with van der Waals surface area (Å²) >= 11 is 0. The highest BCUT2D eigenvalue weighted by atomic mass is 19.1. The van der Waals surface area contributed by atoms with Gasteiger partial charge in [-0.1, -0.05) is 30.3 Å². The zero-order chi connectivity index (χ0) is 32.3. The molecular weight excluding hydrogens is 579 g/mol. The molecule has 2 fully saturated rings. The first kappa shape index (κ1) is 30.4. The Labute approximate surface area is 260 Å². The van der Waals surface area contributed by atoms with Gasteiger partial charge in [-0.15, -0.1) is 0 Å².